The lowest BCUT2D eigenvalue weighted by Gasteiger charge is -2.33. The smallest absolute Gasteiger partial charge is 0.320 e. The van der Waals surface area contributed by atoms with Gasteiger partial charge < -0.3 is 24.8 Å². The van der Waals surface area contributed by atoms with Crippen LogP contribution < -0.4 is 15.0 Å². The second-order valence-corrected chi connectivity index (χ2v) is 8.63. The molecule has 2 aliphatic heterocycles. The lowest BCUT2D eigenvalue weighted by Crippen LogP contribution is -2.44. The number of hydrogen-bond donors (Lipinski definition) is 2. The summed E-state index contributed by atoms with van der Waals surface area (Å²) in [5.74, 6) is 1.10. The molecular formula is C23H29FN6O3. The number of nitrogens with one attached hydrogen (secondary N) is 1. The van der Waals surface area contributed by atoms with Crippen LogP contribution in [-0.4, -0.2) is 83.6 Å². The molecule has 3 atom stereocenters. The molecule has 4 heterocycles. The highest BCUT2D eigenvalue weighted by Gasteiger charge is 2.28. The summed E-state index contributed by atoms with van der Waals surface area (Å²) in [4.78, 5) is 11.1. The van der Waals surface area contributed by atoms with Crippen molar-refractivity contribution in [3.63, 3.8) is 0 Å². The fraction of sp³-hybridized carbons (Fsp3) is 0.522. The predicted molar refractivity (Wildman–Crippen MR) is 122 cm³/mol. The molecule has 0 bridgehead atoms. The molecule has 2 saturated heterocycles. The Morgan fingerprint density at radius 2 is 2.12 bits per heavy atom. The van der Waals surface area contributed by atoms with Gasteiger partial charge in [0, 0.05) is 37.0 Å². The maximum atomic E-state index is 14.7. The van der Waals surface area contributed by atoms with E-state index in [1.807, 2.05) is 24.0 Å². The highest BCUT2D eigenvalue weighted by molar-refractivity contribution is 5.82. The van der Waals surface area contributed by atoms with Crippen molar-refractivity contribution < 1.29 is 19.0 Å². The zero-order chi connectivity index (χ0) is 22.9. The number of piperidine rings is 1. The van der Waals surface area contributed by atoms with Gasteiger partial charge in [-0.15, -0.1) is 0 Å². The summed E-state index contributed by atoms with van der Waals surface area (Å²) < 4.78 is 27.4. The number of aliphatic hydroxyl groups is 1. The Bertz CT molecular complexity index is 1140. The number of methoxy groups -OCH3 is 1. The molecule has 1 aromatic carbocycles. The van der Waals surface area contributed by atoms with Gasteiger partial charge in [0.1, 0.15) is 12.0 Å². The summed E-state index contributed by atoms with van der Waals surface area (Å²) in [6.07, 6.45) is 1.37. The van der Waals surface area contributed by atoms with Gasteiger partial charge in [0.25, 0.3) is 0 Å². The number of nitrogens with zero attached hydrogens (tertiary/aromatic N) is 5. The van der Waals surface area contributed by atoms with Crippen LogP contribution in [0.2, 0.25) is 0 Å². The van der Waals surface area contributed by atoms with Gasteiger partial charge in [-0.25, -0.2) is 9.07 Å². The molecule has 2 N–H and O–H groups in total. The van der Waals surface area contributed by atoms with Crippen molar-refractivity contribution in [1.82, 2.24) is 25.1 Å². The molecule has 2 aliphatic rings. The molecule has 2 aromatic heterocycles. The molecule has 0 saturated carbocycles. The summed E-state index contributed by atoms with van der Waals surface area (Å²) in [6, 6.07) is 6.20. The number of fused-ring (bicyclic) bond motifs is 1. The van der Waals surface area contributed by atoms with Gasteiger partial charge in [-0.3, -0.25) is 0 Å². The first-order valence-electron chi connectivity index (χ1n) is 11.3. The molecule has 3 aromatic rings. The van der Waals surface area contributed by atoms with E-state index in [-0.39, 0.29) is 24.6 Å². The van der Waals surface area contributed by atoms with Gasteiger partial charge >= 0.3 is 6.01 Å². The number of aliphatic hydroxyl groups excluding tert-OH is 1. The second-order valence-electron chi connectivity index (χ2n) is 8.63. The van der Waals surface area contributed by atoms with E-state index >= 15 is 0 Å². The SMILES string of the molecule is COc1nc(N2CCO[C@H](CO)C2)cc(-n2ncc3cc(C)c(C4CCNCC4F)cc32)n1. The average Bonchev–Trinajstić information content (AvgIpc) is 3.26. The number of aryl methyl sites for hydroxylation is 1. The Hall–Kier alpha value is -2.82. The van der Waals surface area contributed by atoms with Crippen LogP contribution in [0.1, 0.15) is 23.5 Å². The predicted octanol–water partition coefficient (Wildman–Crippen LogP) is 1.75. The van der Waals surface area contributed by atoms with Crippen molar-refractivity contribution in [2.45, 2.75) is 31.5 Å². The summed E-state index contributed by atoms with van der Waals surface area (Å²) in [5.41, 5.74) is 2.95. The fourth-order valence-corrected chi connectivity index (χ4v) is 4.76. The Morgan fingerprint density at radius 1 is 1.27 bits per heavy atom. The van der Waals surface area contributed by atoms with E-state index in [4.69, 9.17) is 9.47 Å². The molecule has 0 spiro atoms. The Labute approximate surface area is 191 Å². The van der Waals surface area contributed by atoms with Crippen LogP contribution in [-0.2, 0) is 4.74 Å². The third-order valence-corrected chi connectivity index (χ3v) is 6.51. The van der Waals surface area contributed by atoms with Crippen LogP contribution >= 0.6 is 0 Å². The topological polar surface area (TPSA) is 97.6 Å². The number of anilines is 1. The first kappa shape index (κ1) is 22.0. The lowest BCUT2D eigenvalue weighted by atomic mass is 9.85. The van der Waals surface area contributed by atoms with E-state index in [9.17, 15) is 9.50 Å². The number of rotatable bonds is 5. The van der Waals surface area contributed by atoms with Gasteiger partial charge in [0.15, 0.2) is 5.82 Å². The van der Waals surface area contributed by atoms with Crippen LogP contribution in [0.4, 0.5) is 10.2 Å². The third kappa shape index (κ3) is 4.25. The van der Waals surface area contributed by atoms with Gasteiger partial charge in [0.2, 0.25) is 0 Å². The van der Waals surface area contributed by atoms with Crippen LogP contribution in [0.15, 0.2) is 24.4 Å². The minimum Gasteiger partial charge on any atom is -0.467 e. The lowest BCUT2D eigenvalue weighted by molar-refractivity contribution is 0.00333. The Morgan fingerprint density at radius 3 is 2.91 bits per heavy atom. The number of halogens is 1. The van der Waals surface area contributed by atoms with Crippen molar-refractivity contribution in [1.29, 1.82) is 0 Å². The van der Waals surface area contributed by atoms with Crippen LogP contribution in [0.3, 0.4) is 0 Å². The second kappa shape index (κ2) is 9.20. The van der Waals surface area contributed by atoms with Gasteiger partial charge in [-0.1, -0.05) is 0 Å². The summed E-state index contributed by atoms with van der Waals surface area (Å²) in [5, 5.41) is 18.2. The maximum absolute atomic E-state index is 14.7. The normalized spacial score (nSPS) is 23.8. The molecule has 0 amide bonds. The number of morpholine rings is 1. The first-order chi connectivity index (χ1) is 16.1. The quantitative estimate of drug-likeness (QED) is 0.599. The average molecular weight is 457 g/mol. The number of benzene rings is 1. The van der Waals surface area contributed by atoms with E-state index in [2.05, 4.69) is 26.4 Å². The van der Waals surface area contributed by atoms with Crippen molar-refractivity contribution in [3.8, 4) is 11.8 Å². The zero-order valence-electron chi connectivity index (χ0n) is 18.9. The van der Waals surface area contributed by atoms with E-state index in [0.29, 0.717) is 37.9 Å². The molecule has 5 rings (SSSR count). The monoisotopic (exact) mass is 456 g/mol. The molecule has 0 aliphatic carbocycles. The third-order valence-electron chi connectivity index (χ3n) is 6.51. The number of aromatic nitrogens is 4. The van der Waals surface area contributed by atoms with Gasteiger partial charge in [0.05, 0.1) is 38.1 Å². The molecule has 2 fully saturated rings. The highest BCUT2D eigenvalue weighted by Crippen LogP contribution is 2.33. The van der Waals surface area contributed by atoms with E-state index in [1.165, 1.54) is 7.11 Å². The summed E-state index contributed by atoms with van der Waals surface area (Å²) in [7, 11) is 1.53. The number of ether oxygens (including phenoxy) is 2. The Balaban J connectivity index is 1.56. The standard InChI is InChI=1S/C23H29FN6O3/c1-14-7-15-10-26-30(20(15)8-18(14)17-3-4-25-11-19(17)24)22-9-21(27-23(28-22)32-2)29-5-6-33-16(12-29)13-31/h7-10,16-17,19,25,31H,3-6,11-13H2,1-2H3/t16-,17?,19?/m0/s1. The minimum absolute atomic E-state index is 0.0518. The minimum atomic E-state index is -0.919. The maximum Gasteiger partial charge on any atom is 0.320 e. The van der Waals surface area contributed by atoms with Crippen LogP contribution in [0.5, 0.6) is 6.01 Å². The summed E-state index contributed by atoms with van der Waals surface area (Å²) >= 11 is 0. The van der Waals surface area contributed by atoms with Gasteiger partial charge in [-0.05, 0) is 43.1 Å². The highest BCUT2D eigenvalue weighted by atomic mass is 19.1. The molecule has 10 heteroatoms. The first-order valence-corrected chi connectivity index (χ1v) is 11.3. The molecule has 9 nitrogen and oxygen atoms in total. The molecule has 0 radical (unpaired) electrons. The molecular weight excluding hydrogens is 427 g/mol. The fourth-order valence-electron chi connectivity index (χ4n) is 4.76. The number of alkyl halides is 1. The molecule has 2 unspecified atom stereocenters. The van der Waals surface area contributed by atoms with Crippen molar-refractivity contribution in [2.75, 3.05) is 51.4 Å². The van der Waals surface area contributed by atoms with E-state index < -0.39 is 6.17 Å². The molecule has 176 valence electrons. The van der Waals surface area contributed by atoms with Crippen LogP contribution in [0.25, 0.3) is 16.7 Å². The summed E-state index contributed by atoms with van der Waals surface area (Å²) in [6.45, 7) is 4.83. The largest absolute Gasteiger partial charge is 0.467 e. The van der Waals surface area contributed by atoms with Gasteiger partial charge in [-0.2, -0.15) is 15.1 Å². The zero-order valence-corrected chi connectivity index (χ0v) is 18.9. The van der Waals surface area contributed by atoms with Crippen molar-refractivity contribution in [2.24, 2.45) is 0 Å². The number of hydrogen-bond acceptors (Lipinski definition) is 8. The Kier molecular flexibility index (Phi) is 6.13. The molecule has 33 heavy (non-hydrogen) atoms. The van der Waals surface area contributed by atoms with Crippen molar-refractivity contribution in [3.05, 3.63) is 35.5 Å². The van der Waals surface area contributed by atoms with Crippen LogP contribution in [0, 0.1) is 6.92 Å². The van der Waals surface area contributed by atoms with E-state index in [0.717, 1.165) is 35.0 Å². The van der Waals surface area contributed by atoms with E-state index in [1.54, 1.807) is 10.9 Å². The van der Waals surface area contributed by atoms with Crippen molar-refractivity contribution >= 4 is 16.7 Å².